The Balaban J connectivity index is 1.51. The van der Waals surface area contributed by atoms with Crippen molar-refractivity contribution in [2.45, 2.75) is 31.5 Å². The predicted molar refractivity (Wildman–Crippen MR) is 88.3 cm³/mol. The van der Waals surface area contributed by atoms with Crippen molar-refractivity contribution in [1.82, 2.24) is 0 Å². The van der Waals surface area contributed by atoms with Gasteiger partial charge in [0.05, 0.1) is 0 Å². The fraction of sp³-hybridized carbons (Fsp3) is 0.278. The molecule has 0 aromatic heterocycles. The molecule has 5 heteroatoms. The first-order valence-corrected chi connectivity index (χ1v) is 8.10. The van der Waals surface area contributed by atoms with Crippen LogP contribution in [0, 0.1) is 0 Å². The molecule has 0 unspecified atom stereocenters. The highest BCUT2D eigenvalue weighted by atomic mass is 35.5. The number of nitrogens with one attached hydrogen (secondary N) is 1. The summed E-state index contributed by atoms with van der Waals surface area (Å²) in [5, 5.41) is 3.47. The zero-order valence-corrected chi connectivity index (χ0v) is 13.2. The number of rotatable bonds is 2. The van der Waals surface area contributed by atoms with Crippen LogP contribution in [0.4, 0.5) is 5.69 Å². The number of hydrogen-bond donors (Lipinski definition) is 1. The molecule has 0 radical (unpaired) electrons. The van der Waals surface area contributed by atoms with Gasteiger partial charge < -0.3 is 14.8 Å². The van der Waals surface area contributed by atoms with Crippen LogP contribution in [0.1, 0.15) is 36.0 Å². The third-order valence-electron chi connectivity index (χ3n) is 4.27. The van der Waals surface area contributed by atoms with Crippen molar-refractivity contribution in [3.05, 3.63) is 53.1 Å². The normalized spacial score (nSPS) is 17.4. The lowest BCUT2D eigenvalue weighted by Crippen LogP contribution is -2.34. The van der Waals surface area contributed by atoms with Crippen molar-refractivity contribution in [3.8, 4) is 11.5 Å². The summed E-state index contributed by atoms with van der Waals surface area (Å²) in [5.41, 5.74) is 1.24. The minimum absolute atomic E-state index is 0.184. The number of amides is 1. The monoisotopic (exact) mass is 329 g/mol. The minimum Gasteiger partial charge on any atom is -0.448 e. The van der Waals surface area contributed by atoms with Crippen LogP contribution in [0.15, 0.2) is 42.5 Å². The summed E-state index contributed by atoms with van der Waals surface area (Å²) >= 11 is 5.84. The lowest BCUT2D eigenvalue weighted by Gasteiger charge is -2.21. The highest BCUT2D eigenvalue weighted by Crippen LogP contribution is 2.47. The summed E-state index contributed by atoms with van der Waals surface area (Å²) in [6.07, 6.45) is 4.06. The van der Waals surface area contributed by atoms with Gasteiger partial charge in [0, 0.05) is 35.2 Å². The quantitative estimate of drug-likeness (QED) is 0.873. The lowest BCUT2D eigenvalue weighted by molar-refractivity contribution is -0.0716. The van der Waals surface area contributed by atoms with Gasteiger partial charge in [-0.2, -0.15) is 0 Å². The Bertz CT molecular complexity index is 751. The third kappa shape index (κ3) is 2.75. The maximum atomic E-state index is 12.2. The average molecular weight is 330 g/mol. The van der Waals surface area contributed by atoms with Crippen LogP contribution in [-0.2, 0) is 0 Å². The molecule has 2 aromatic rings. The molecule has 1 saturated carbocycles. The number of carbonyl (C=O) groups excluding carboxylic acids is 1. The van der Waals surface area contributed by atoms with E-state index in [-0.39, 0.29) is 5.91 Å². The summed E-state index contributed by atoms with van der Waals surface area (Å²) in [6, 6.07) is 12.3. The van der Waals surface area contributed by atoms with Crippen LogP contribution in [0.25, 0.3) is 0 Å². The van der Waals surface area contributed by atoms with Crippen molar-refractivity contribution in [2.75, 3.05) is 5.32 Å². The summed E-state index contributed by atoms with van der Waals surface area (Å²) in [5.74, 6) is 0.773. The van der Waals surface area contributed by atoms with E-state index in [1.807, 2.05) is 18.2 Å². The Morgan fingerprint density at radius 1 is 1.00 bits per heavy atom. The molecule has 1 aliphatic heterocycles. The Morgan fingerprint density at radius 2 is 1.70 bits per heavy atom. The van der Waals surface area contributed by atoms with Gasteiger partial charge in [-0.25, -0.2) is 0 Å². The zero-order valence-electron chi connectivity index (χ0n) is 12.5. The molecule has 2 aliphatic rings. The van der Waals surface area contributed by atoms with Crippen LogP contribution in [0.3, 0.4) is 0 Å². The molecule has 1 N–H and O–H groups in total. The van der Waals surface area contributed by atoms with E-state index in [1.165, 1.54) is 0 Å². The van der Waals surface area contributed by atoms with Gasteiger partial charge in [0.1, 0.15) is 0 Å². The van der Waals surface area contributed by atoms with Gasteiger partial charge in [-0.05, 0) is 49.2 Å². The molecule has 23 heavy (non-hydrogen) atoms. The highest BCUT2D eigenvalue weighted by Gasteiger charge is 2.44. The maximum absolute atomic E-state index is 12.2. The Kier molecular flexibility index (Phi) is 3.42. The number of hydrogen-bond acceptors (Lipinski definition) is 3. The molecule has 2 aromatic carbocycles. The second-order valence-electron chi connectivity index (χ2n) is 5.94. The number of anilines is 1. The predicted octanol–water partition coefficient (Wildman–Crippen LogP) is 4.63. The maximum Gasteiger partial charge on any atom is 0.255 e. The van der Waals surface area contributed by atoms with Gasteiger partial charge in [0.15, 0.2) is 11.5 Å². The molecule has 118 valence electrons. The van der Waals surface area contributed by atoms with Crippen molar-refractivity contribution in [1.29, 1.82) is 0 Å². The molecule has 1 spiro atoms. The second-order valence-corrected chi connectivity index (χ2v) is 6.38. The lowest BCUT2D eigenvalue weighted by atomic mass is 10.2. The number of carbonyl (C=O) groups is 1. The van der Waals surface area contributed by atoms with Crippen LogP contribution in [0.5, 0.6) is 11.5 Å². The van der Waals surface area contributed by atoms with E-state index in [0.717, 1.165) is 31.4 Å². The van der Waals surface area contributed by atoms with Crippen molar-refractivity contribution in [2.24, 2.45) is 0 Å². The fourth-order valence-corrected chi connectivity index (χ4v) is 3.22. The van der Waals surface area contributed by atoms with Gasteiger partial charge >= 0.3 is 0 Å². The van der Waals surface area contributed by atoms with Gasteiger partial charge in [-0.3, -0.25) is 4.79 Å². The van der Waals surface area contributed by atoms with E-state index in [2.05, 4.69) is 5.32 Å². The van der Waals surface area contributed by atoms with Crippen LogP contribution in [-0.4, -0.2) is 11.7 Å². The fourth-order valence-electron chi connectivity index (χ4n) is 3.09. The van der Waals surface area contributed by atoms with Crippen LogP contribution in [0.2, 0.25) is 5.02 Å². The molecule has 4 nitrogen and oxygen atoms in total. The molecule has 1 fully saturated rings. The van der Waals surface area contributed by atoms with Crippen LogP contribution < -0.4 is 14.8 Å². The van der Waals surface area contributed by atoms with E-state index in [1.54, 1.807) is 24.3 Å². The summed E-state index contributed by atoms with van der Waals surface area (Å²) in [4.78, 5) is 12.2. The summed E-state index contributed by atoms with van der Waals surface area (Å²) < 4.78 is 12.0. The number of benzene rings is 2. The summed E-state index contributed by atoms with van der Waals surface area (Å²) in [6.45, 7) is 0. The van der Waals surface area contributed by atoms with E-state index in [0.29, 0.717) is 22.0 Å². The SMILES string of the molecule is O=C(Nc1ccc2c(c1)OC1(CCCC1)O2)c1ccc(Cl)cc1. The molecule has 1 amide bonds. The van der Waals surface area contributed by atoms with E-state index in [9.17, 15) is 4.79 Å². The smallest absolute Gasteiger partial charge is 0.255 e. The molecule has 1 aliphatic carbocycles. The minimum atomic E-state index is -0.485. The third-order valence-corrected chi connectivity index (χ3v) is 4.52. The number of halogens is 1. The summed E-state index contributed by atoms with van der Waals surface area (Å²) in [7, 11) is 0. The van der Waals surface area contributed by atoms with Gasteiger partial charge in [0.2, 0.25) is 0 Å². The number of fused-ring (bicyclic) bond motifs is 1. The Labute approximate surface area is 139 Å². The molecule has 1 heterocycles. The molecule has 0 bridgehead atoms. The van der Waals surface area contributed by atoms with Gasteiger partial charge in [-0.15, -0.1) is 0 Å². The van der Waals surface area contributed by atoms with Crippen molar-refractivity contribution < 1.29 is 14.3 Å². The van der Waals surface area contributed by atoms with Gasteiger partial charge in [0.25, 0.3) is 11.7 Å². The first-order chi connectivity index (χ1) is 11.1. The van der Waals surface area contributed by atoms with Gasteiger partial charge in [-0.1, -0.05) is 11.6 Å². The Morgan fingerprint density at radius 3 is 2.43 bits per heavy atom. The molecule has 0 atom stereocenters. The number of ether oxygens (including phenoxy) is 2. The topological polar surface area (TPSA) is 47.6 Å². The standard InChI is InChI=1S/C18H16ClNO3/c19-13-5-3-12(4-6-13)17(21)20-14-7-8-15-16(11-14)23-18(22-15)9-1-2-10-18/h3-8,11H,1-2,9-10H2,(H,20,21). The molecular formula is C18H16ClNO3. The second kappa shape index (κ2) is 5.46. The molecular weight excluding hydrogens is 314 g/mol. The highest BCUT2D eigenvalue weighted by molar-refractivity contribution is 6.30. The van der Waals surface area contributed by atoms with Crippen molar-refractivity contribution >= 4 is 23.2 Å². The van der Waals surface area contributed by atoms with E-state index in [4.69, 9.17) is 21.1 Å². The largest absolute Gasteiger partial charge is 0.448 e. The zero-order chi connectivity index (χ0) is 15.9. The van der Waals surface area contributed by atoms with Crippen LogP contribution >= 0.6 is 11.6 Å². The van der Waals surface area contributed by atoms with E-state index >= 15 is 0 Å². The van der Waals surface area contributed by atoms with Crippen molar-refractivity contribution in [3.63, 3.8) is 0 Å². The van der Waals surface area contributed by atoms with E-state index < -0.39 is 5.79 Å². The first kappa shape index (κ1) is 14.4. The molecule has 4 rings (SSSR count). The molecule has 0 saturated heterocycles. The average Bonchev–Trinajstić information content (AvgIpc) is 3.14. The first-order valence-electron chi connectivity index (χ1n) is 7.73. The Hall–Kier alpha value is -2.20.